The predicted octanol–water partition coefficient (Wildman–Crippen LogP) is 2.29. The third kappa shape index (κ3) is 3.59. The molecule has 2 rings (SSSR count). The van der Waals surface area contributed by atoms with Crippen LogP contribution in [0.4, 0.5) is 0 Å². The maximum absolute atomic E-state index is 12.3. The van der Waals surface area contributed by atoms with Gasteiger partial charge in [0.2, 0.25) is 0 Å². The average molecular weight is 296 g/mol. The molecule has 0 radical (unpaired) electrons. The lowest BCUT2D eigenvalue weighted by atomic mass is 9.75. The molecule has 0 aromatic heterocycles. The van der Waals surface area contributed by atoms with E-state index >= 15 is 0 Å². The average Bonchev–Trinajstić information content (AvgIpc) is 3.28. The van der Waals surface area contributed by atoms with Crippen LogP contribution in [0.15, 0.2) is 0 Å². The SMILES string of the molecule is CNC(CN1CCC(C(C)(C)C)CC1)(C(=O)OC)C1CC1. The van der Waals surface area contributed by atoms with E-state index in [-0.39, 0.29) is 5.97 Å². The van der Waals surface area contributed by atoms with Crippen molar-refractivity contribution in [3.63, 3.8) is 0 Å². The summed E-state index contributed by atoms with van der Waals surface area (Å²) in [7, 11) is 3.40. The van der Waals surface area contributed by atoms with Crippen molar-refractivity contribution in [2.75, 3.05) is 33.8 Å². The Balaban J connectivity index is 1.98. The molecule has 2 fully saturated rings. The predicted molar refractivity (Wildman–Crippen MR) is 85.1 cm³/mol. The van der Waals surface area contributed by atoms with Crippen LogP contribution in [0.25, 0.3) is 0 Å². The van der Waals surface area contributed by atoms with Gasteiger partial charge in [-0.25, -0.2) is 4.79 Å². The number of likely N-dealkylation sites (N-methyl/N-ethyl adjacent to an activating group) is 1. The lowest BCUT2D eigenvalue weighted by Crippen LogP contribution is -2.61. The second-order valence-electron chi connectivity index (χ2n) is 7.90. The van der Waals surface area contributed by atoms with Gasteiger partial charge in [-0.3, -0.25) is 0 Å². The van der Waals surface area contributed by atoms with E-state index in [1.165, 1.54) is 20.0 Å². The summed E-state index contributed by atoms with van der Waals surface area (Å²) < 4.78 is 5.10. The van der Waals surface area contributed by atoms with Gasteiger partial charge in [-0.1, -0.05) is 20.8 Å². The molecule has 0 aromatic rings. The molecule has 21 heavy (non-hydrogen) atoms. The molecular formula is C17H32N2O2. The summed E-state index contributed by atoms with van der Waals surface area (Å²) in [5.41, 5.74) is -0.103. The topological polar surface area (TPSA) is 41.6 Å². The number of likely N-dealkylation sites (tertiary alicyclic amines) is 1. The van der Waals surface area contributed by atoms with Crippen molar-refractivity contribution >= 4 is 5.97 Å². The normalized spacial score (nSPS) is 24.6. The molecule has 0 spiro atoms. The minimum absolute atomic E-state index is 0.0922. The van der Waals surface area contributed by atoms with Crippen LogP contribution in [0.3, 0.4) is 0 Å². The number of esters is 1. The van der Waals surface area contributed by atoms with Gasteiger partial charge in [0.05, 0.1) is 7.11 Å². The molecule has 122 valence electrons. The molecule has 1 unspecified atom stereocenters. The van der Waals surface area contributed by atoms with E-state index in [1.54, 1.807) is 0 Å². The van der Waals surface area contributed by atoms with Crippen LogP contribution in [0, 0.1) is 17.3 Å². The number of carbonyl (C=O) groups excluding carboxylic acids is 1. The number of piperidine rings is 1. The van der Waals surface area contributed by atoms with Gasteiger partial charge in [-0.15, -0.1) is 0 Å². The highest BCUT2D eigenvalue weighted by Gasteiger charge is 2.52. The zero-order chi connectivity index (χ0) is 15.7. The summed E-state index contributed by atoms with van der Waals surface area (Å²) in [6.07, 6.45) is 4.73. The van der Waals surface area contributed by atoms with Crippen molar-refractivity contribution in [1.82, 2.24) is 10.2 Å². The maximum atomic E-state index is 12.3. The van der Waals surface area contributed by atoms with Gasteiger partial charge in [0.25, 0.3) is 0 Å². The molecule has 1 heterocycles. The van der Waals surface area contributed by atoms with Crippen LogP contribution in [-0.4, -0.2) is 50.2 Å². The number of hydrogen-bond acceptors (Lipinski definition) is 4. The highest BCUT2D eigenvalue weighted by Crippen LogP contribution is 2.42. The summed E-state index contributed by atoms with van der Waals surface area (Å²) in [5, 5.41) is 3.30. The summed E-state index contributed by atoms with van der Waals surface area (Å²) in [6.45, 7) is 9.99. The molecule has 1 N–H and O–H groups in total. The van der Waals surface area contributed by atoms with E-state index in [2.05, 4.69) is 31.0 Å². The summed E-state index contributed by atoms with van der Waals surface area (Å²) in [5.74, 6) is 1.14. The third-order valence-electron chi connectivity index (χ3n) is 5.56. The van der Waals surface area contributed by atoms with Crippen molar-refractivity contribution < 1.29 is 9.53 Å². The smallest absolute Gasteiger partial charge is 0.327 e. The molecule has 4 nitrogen and oxygen atoms in total. The molecule has 0 aromatic carbocycles. The van der Waals surface area contributed by atoms with Crippen molar-refractivity contribution in [3.05, 3.63) is 0 Å². The number of nitrogens with zero attached hydrogens (tertiary/aromatic N) is 1. The lowest BCUT2D eigenvalue weighted by Gasteiger charge is -2.42. The molecule has 0 bridgehead atoms. The van der Waals surface area contributed by atoms with Gasteiger partial charge in [-0.05, 0) is 63.1 Å². The summed E-state index contributed by atoms with van der Waals surface area (Å²) >= 11 is 0. The standard InChI is InChI=1S/C17H32N2O2/c1-16(2,3)13-8-10-19(11-9-13)12-17(18-4,14-6-7-14)15(20)21-5/h13-14,18H,6-12H2,1-5H3. The molecule has 1 atom stereocenters. The Morgan fingerprint density at radius 3 is 2.10 bits per heavy atom. The van der Waals surface area contributed by atoms with Gasteiger partial charge >= 0.3 is 5.97 Å². The second-order valence-corrected chi connectivity index (χ2v) is 7.90. The first kappa shape index (κ1) is 16.8. The molecular weight excluding hydrogens is 264 g/mol. The van der Waals surface area contributed by atoms with E-state index < -0.39 is 5.54 Å². The largest absolute Gasteiger partial charge is 0.468 e. The number of rotatable bonds is 5. The minimum Gasteiger partial charge on any atom is -0.468 e. The number of hydrogen-bond donors (Lipinski definition) is 1. The Labute approximate surface area is 129 Å². The quantitative estimate of drug-likeness (QED) is 0.790. The summed E-state index contributed by atoms with van der Waals surface area (Å²) in [6, 6.07) is 0. The van der Waals surface area contributed by atoms with Crippen LogP contribution >= 0.6 is 0 Å². The van der Waals surface area contributed by atoms with E-state index in [1.807, 2.05) is 7.05 Å². The van der Waals surface area contributed by atoms with Crippen molar-refractivity contribution in [1.29, 1.82) is 0 Å². The third-order valence-corrected chi connectivity index (χ3v) is 5.56. The number of methoxy groups -OCH3 is 1. The van der Waals surface area contributed by atoms with Gasteiger partial charge < -0.3 is 15.0 Å². The van der Waals surface area contributed by atoms with Gasteiger partial charge in [-0.2, -0.15) is 0 Å². The highest BCUT2D eigenvalue weighted by atomic mass is 16.5. The Bertz CT molecular complexity index is 365. The minimum atomic E-state index is -0.497. The highest BCUT2D eigenvalue weighted by molar-refractivity contribution is 5.82. The Hall–Kier alpha value is -0.610. The van der Waals surface area contributed by atoms with Gasteiger partial charge in [0.15, 0.2) is 0 Å². The van der Waals surface area contributed by atoms with E-state index in [9.17, 15) is 4.79 Å². The monoisotopic (exact) mass is 296 g/mol. The molecule has 1 saturated heterocycles. The fourth-order valence-corrected chi connectivity index (χ4v) is 3.81. The second kappa shape index (κ2) is 6.25. The summed E-state index contributed by atoms with van der Waals surface area (Å²) in [4.78, 5) is 14.8. The molecule has 2 aliphatic rings. The Kier molecular flexibility index (Phi) is 4.99. The van der Waals surface area contributed by atoms with Crippen LogP contribution in [0.1, 0.15) is 46.5 Å². The number of carbonyl (C=O) groups is 1. The van der Waals surface area contributed by atoms with Crippen molar-refractivity contribution in [3.8, 4) is 0 Å². The number of nitrogens with one attached hydrogen (secondary N) is 1. The molecule has 0 amide bonds. The maximum Gasteiger partial charge on any atom is 0.327 e. The van der Waals surface area contributed by atoms with Crippen molar-refractivity contribution in [2.24, 2.45) is 17.3 Å². The van der Waals surface area contributed by atoms with Crippen LogP contribution in [-0.2, 0) is 9.53 Å². The lowest BCUT2D eigenvalue weighted by molar-refractivity contribution is -0.150. The first-order chi connectivity index (χ1) is 9.83. The molecule has 1 aliphatic heterocycles. The zero-order valence-corrected chi connectivity index (χ0v) is 14.4. The van der Waals surface area contributed by atoms with E-state index in [0.29, 0.717) is 11.3 Å². The number of ether oxygens (including phenoxy) is 1. The van der Waals surface area contributed by atoms with E-state index in [0.717, 1.165) is 38.4 Å². The van der Waals surface area contributed by atoms with Crippen molar-refractivity contribution in [2.45, 2.75) is 52.0 Å². The first-order valence-electron chi connectivity index (χ1n) is 8.33. The molecule has 1 aliphatic carbocycles. The fourth-order valence-electron chi connectivity index (χ4n) is 3.81. The van der Waals surface area contributed by atoms with Crippen LogP contribution < -0.4 is 5.32 Å². The van der Waals surface area contributed by atoms with Crippen LogP contribution in [0.5, 0.6) is 0 Å². The Morgan fingerprint density at radius 1 is 1.14 bits per heavy atom. The van der Waals surface area contributed by atoms with E-state index in [4.69, 9.17) is 4.74 Å². The Morgan fingerprint density at radius 2 is 1.71 bits per heavy atom. The fraction of sp³-hybridized carbons (Fsp3) is 0.941. The van der Waals surface area contributed by atoms with Crippen LogP contribution in [0.2, 0.25) is 0 Å². The molecule has 4 heteroatoms. The van der Waals surface area contributed by atoms with Gasteiger partial charge in [0, 0.05) is 6.54 Å². The van der Waals surface area contributed by atoms with Gasteiger partial charge in [0.1, 0.15) is 5.54 Å². The molecule has 1 saturated carbocycles. The first-order valence-corrected chi connectivity index (χ1v) is 8.33. The zero-order valence-electron chi connectivity index (χ0n) is 14.4.